The second kappa shape index (κ2) is 12.7. The molecule has 0 heterocycles. The Morgan fingerprint density at radius 2 is 1.64 bits per heavy atom. The van der Waals surface area contributed by atoms with Crippen molar-refractivity contribution in [3.8, 4) is 0 Å². The van der Waals surface area contributed by atoms with Crippen LogP contribution in [0.5, 0.6) is 0 Å². The zero-order chi connectivity index (χ0) is 25.2. The summed E-state index contributed by atoms with van der Waals surface area (Å²) in [6.45, 7) is 7.11. The number of hydrogen-bond donors (Lipinski definition) is 2. The van der Waals surface area contributed by atoms with Gasteiger partial charge < -0.3 is 19.9 Å². The number of hydrogen-bond acceptors (Lipinski definition) is 9. The minimum absolute atomic E-state index is 0.146. The van der Waals surface area contributed by atoms with Gasteiger partial charge in [0.05, 0.1) is 18.3 Å². The van der Waals surface area contributed by atoms with Crippen LogP contribution in [-0.4, -0.2) is 56.4 Å². The van der Waals surface area contributed by atoms with Crippen LogP contribution in [0.15, 0.2) is 30.3 Å². The molecule has 0 aliphatic heterocycles. The molecule has 1 aromatic rings. The summed E-state index contributed by atoms with van der Waals surface area (Å²) in [5.74, 6) is -2.79. The van der Waals surface area contributed by atoms with Gasteiger partial charge in [0.15, 0.2) is 6.10 Å². The van der Waals surface area contributed by atoms with E-state index >= 15 is 0 Å². The van der Waals surface area contributed by atoms with E-state index in [1.165, 1.54) is 20.8 Å². The number of amides is 1. The highest BCUT2D eigenvalue weighted by Gasteiger charge is 2.38. The first-order valence-corrected chi connectivity index (χ1v) is 12.1. The fraction of sp³-hybridized carbons (Fsp3) is 0.591. The highest BCUT2D eigenvalue weighted by atomic mass is 32.2. The number of aliphatic hydroxyl groups is 1. The van der Waals surface area contributed by atoms with E-state index in [9.17, 15) is 27.9 Å². The number of benzene rings is 1. The molecule has 186 valence electrons. The van der Waals surface area contributed by atoms with E-state index in [2.05, 4.69) is 5.32 Å². The summed E-state index contributed by atoms with van der Waals surface area (Å²) >= 11 is 0. The average molecular weight is 488 g/mol. The van der Waals surface area contributed by atoms with E-state index in [0.717, 1.165) is 0 Å². The molecule has 10 nitrogen and oxygen atoms in total. The van der Waals surface area contributed by atoms with Crippen molar-refractivity contribution in [2.45, 2.75) is 53.4 Å². The van der Waals surface area contributed by atoms with E-state index < -0.39 is 52.4 Å². The molecule has 0 aliphatic rings. The Balaban J connectivity index is 2.78. The molecule has 1 unspecified atom stereocenters. The molecule has 33 heavy (non-hydrogen) atoms. The van der Waals surface area contributed by atoms with Gasteiger partial charge in [-0.2, -0.15) is 8.42 Å². The van der Waals surface area contributed by atoms with E-state index in [1.54, 1.807) is 44.2 Å². The zero-order valence-corrected chi connectivity index (χ0v) is 20.4. The molecule has 2 atom stereocenters. The quantitative estimate of drug-likeness (QED) is 0.184. The number of esters is 2. The van der Waals surface area contributed by atoms with Crippen molar-refractivity contribution < 1.29 is 41.6 Å². The monoisotopic (exact) mass is 487 g/mol. The molecule has 0 saturated carbocycles. The van der Waals surface area contributed by atoms with Crippen LogP contribution in [0.4, 0.5) is 0 Å². The number of aliphatic hydroxyl groups excluding tert-OH is 1. The van der Waals surface area contributed by atoms with Crippen LogP contribution in [0, 0.1) is 11.3 Å². The summed E-state index contributed by atoms with van der Waals surface area (Å²) < 4.78 is 39.6. The lowest BCUT2D eigenvalue weighted by molar-refractivity contribution is -0.202. The van der Waals surface area contributed by atoms with Crippen LogP contribution in [0.2, 0.25) is 0 Å². The standard InChI is InChI=1S/C22H33NO9S/c1-15(2)19(26)31-21(17-10-7-6-8-11-17)32-20(27)18(25)22(4,5)14-30-33(28,29)13-9-12-23-16(3)24/h6-8,10-11,15,18,21,25H,9,12-14H2,1-5H3,(H,23,24)/t18-,21?/m0/s1. The topological polar surface area (TPSA) is 145 Å². The minimum atomic E-state index is -3.95. The van der Waals surface area contributed by atoms with Gasteiger partial charge in [0, 0.05) is 24.4 Å². The molecule has 0 bridgehead atoms. The van der Waals surface area contributed by atoms with E-state index in [-0.39, 0.29) is 24.6 Å². The molecule has 0 aromatic heterocycles. The molecule has 11 heteroatoms. The fourth-order valence-corrected chi connectivity index (χ4v) is 3.49. The van der Waals surface area contributed by atoms with Crippen LogP contribution in [0.3, 0.4) is 0 Å². The Labute approximate surface area is 194 Å². The molecular formula is C22H33NO9S. The van der Waals surface area contributed by atoms with Crippen LogP contribution in [0.1, 0.15) is 52.9 Å². The van der Waals surface area contributed by atoms with Crippen molar-refractivity contribution in [1.29, 1.82) is 0 Å². The summed E-state index contributed by atoms with van der Waals surface area (Å²) in [5, 5.41) is 13.0. The normalized spacial score (nSPS) is 13.8. The molecule has 0 saturated heterocycles. The van der Waals surface area contributed by atoms with Crippen LogP contribution >= 0.6 is 0 Å². The Morgan fingerprint density at radius 1 is 1.06 bits per heavy atom. The summed E-state index contributed by atoms with van der Waals surface area (Å²) in [6, 6.07) is 8.27. The largest absolute Gasteiger partial charge is 0.420 e. The van der Waals surface area contributed by atoms with E-state index in [4.69, 9.17) is 13.7 Å². The number of rotatable bonds is 13. The first kappa shape index (κ1) is 28.5. The molecule has 0 spiro atoms. The van der Waals surface area contributed by atoms with Crippen molar-refractivity contribution >= 4 is 28.0 Å². The van der Waals surface area contributed by atoms with E-state index in [1.807, 2.05) is 0 Å². The summed E-state index contributed by atoms with van der Waals surface area (Å²) in [7, 11) is -3.95. The lowest BCUT2D eigenvalue weighted by atomic mass is 9.87. The number of ether oxygens (including phenoxy) is 2. The lowest BCUT2D eigenvalue weighted by Crippen LogP contribution is -2.42. The van der Waals surface area contributed by atoms with Gasteiger partial charge in [-0.25, -0.2) is 4.79 Å². The molecular weight excluding hydrogens is 454 g/mol. The predicted octanol–water partition coefficient (Wildman–Crippen LogP) is 1.69. The SMILES string of the molecule is CC(=O)NCCCS(=O)(=O)OCC(C)(C)[C@@H](O)C(=O)OC(OC(=O)C(C)C)c1ccccc1. The van der Waals surface area contributed by atoms with Gasteiger partial charge in [0.25, 0.3) is 16.4 Å². The van der Waals surface area contributed by atoms with E-state index in [0.29, 0.717) is 5.56 Å². The molecule has 0 radical (unpaired) electrons. The third-order valence-corrected chi connectivity index (χ3v) is 5.77. The van der Waals surface area contributed by atoms with Crippen molar-refractivity contribution in [1.82, 2.24) is 5.32 Å². The van der Waals surface area contributed by atoms with Crippen molar-refractivity contribution in [2.24, 2.45) is 11.3 Å². The molecule has 1 amide bonds. The number of carbonyl (C=O) groups excluding carboxylic acids is 3. The molecule has 0 aliphatic carbocycles. The fourth-order valence-electron chi connectivity index (χ4n) is 2.39. The maximum absolute atomic E-state index is 12.6. The first-order valence-electron chi connectivity index (χ1n) is 10.5. The van der Waals surface area contributed by atoms with Crippen molar-refractivity contribution in [3.05, 3.63) is 35.9 Å². The van der Waals surface area contributed by atoms with Crippen molar-refractivity contribution in [3.63, 3.8) is 0 Å². The molecule has 1 aromatic carbocycles. The van der Waals surface area contributed by atoms with Gasteiger partial charge in [-0.1, -0.05) is 58.0 Å². The predicted molar refractivity (Wildman–Crippen MR) is 119 cm³/mol. The second-order valence-electron chi connectivity index (χ2n) is 8.52. The summed E-state index contributed by atoms with van der Waals surface area (Å²) in [5.41, 5.74) is -0.951. The highest BCUT2D eigenvalue weighted by molar-refractivity contribution is 7.86. The molecule has 0 fully saturated rings. The van der Waals surface area contributed by atoms with Gasteiger partial charge in [-0.05, 0) is 6.42 Å². The van der Waals surface area contributed by atoms with Crippen LogP contribution in [-0.2, 0) is 38.2 Å². The number of nitrogens with one attached hydrogen (secondary N) is 1. The maximum atomic E-state index is 12.6. The minimum Gasteiger partial charge on any atom is -0.420 e. The van der Waals surface area contributed by atoms with Gasteiger partial charge in [-0.15, -0.1) is 0 Å². The smallest absolute Gasteiger partial charge is 0.338 e. The Hall–Kier alpha value is -2.50. The van der Waals surface area contributed by atoms with Gasteiger partial charge in [0.2, 0.25) is 5.91 Å². The van der Waals surface area contributed by atoms with Gasteiger partial charge in [0.1, 0.15) is 0 Å². The highest BCUT2D eigenvalue weighted by Crippen LogP contribution is 2.27. The molecule has 1 rings (SSSR count). The number of carbonyl (C=O) groups is 3. The Morgan fingerprint density at radius 3 is 2.18 bits per heavy atom. The summed E-state index contributed by atoms with van der Waals surface area (Å²) in [4.78, 5) is 35.5. The van der Waals surface area contributed by atoms with Gasteiger partial charge >= 0.3 is 11.9 Å². The van der Waals surface area contributed by atoms with Crippen LogP contribution in [0.25, 0.3) is 0 Å². The second-order valence-corrected chi connectivity index (χ2v) is 10.3. The van der Waals surface area contributed by atoms with Crippen LogP contribution < -0.4 is 5.32 Å². The van der Waals surface area contributed by atoms with Gasteiger partial charge in [-0.3, -0.25) is 13.8 Å². The maximum Gasteiger partial charge on any atom is 0.338 e. The first-order chi connectivity index (χ1) is 15.2. The average Bonchev–Trinajstić information content (AvgIpc) is 2.74. The third kappa shape index (κ3) is 10.3. The van der Waals surface area contributed by atoms with Crippen molar-refractivity contribution in [2.75, 3.05) is 18.9 Å². The lowest BCUT2D eigenvalue weighted by Gasteiger charge is -2.29. The molecule has 2 N–H and O–H groups in total. The third-order valence-electron chi connectivity index (χ3n) is 4.51. The Kier molecular flexibility index (Phi) is 10.9. The summed E-state index contributed by atoms with van der Waals surface area (Å²) in [6.07, 6.45) is -3.00. The Bertz CT molecular complexity index is 898. The zero-order valence-electron chi connectivity index (χ0n) is 19.6.